The number of fused-ring (bicyclic) bond motifs is 2. The van der Waals surface area contributed by atoms with Crippen LogP contribution in [0.25, 0.3) is 11.0 Å². The molecule has 21 heavy (non-hydrogen) atoms. The second kappa shape index (κ2) is 4.38. The number of hydrogen-bond donors (Lipinski definition) is 1. The van der Waals surface area contributed by atoms with Gasteiger partial charge in [0, 0.05) is 18.1 Å². The van der Waals surface area contributed by atoms with Crippen LogP contribution in [0.4, 0.5) is 0 Å². The van der Waals surface area contributed by atoms with Gasteiger partial charge in [0.2, 0.25) is 0 Å². The zero-order valence-electron chi connectivity index (χ0n) is 11.7. The summed E-state index contributed by atoms with van der Waals surface area (Å²) in [6, 6.07) is 3.05. The quantitative estimate of drug-likeness (QED) is 0.938. The number of aliphatic carboxylic acids is 1. The van der Waals surface area contributed by atoms with Gasteiger partial charge < -0.3 is 19.1 Å². The normalized spacial score (nSPS) is 18.7. The molecule has 1 N–H and O–H groups in total. The molecule has 1 unspecified atom stereocenters. The van der Waals surface area contributed by atoms with Gasteiger partial charge >= 0.3 is 5.97 Å². The van der Waals surface area contributed by atoms with E-state index in [1.54, 1.807) is 6.92 Å². The first-order valence-corrected chi connectivity index (χ1v) is 7.19. The van der Waals surface area contributed by atoms with Gasteiger partial charge in [-0.15, -0.1) is 0 Å². The lowest BCUT2D eigenvalue weighted by Gasteiger charge is -2.19. The molecule has 1 aliphatic carbocycles. The van der Waals surface area contributed by atoms with Crippen molar-refractivity contribution in [2.45, 2.75) is 31.7 Å². The first-order valence-electron chi connectivity index (χ1n) is 7.19. The van der Waals surface area contributed by atoms with Crippen LogP contribution in [0.3, 0.4) is 0 Å². The van der Waals surface area contributed by atoms with Crippen LogP contribution in [0.5, 0.6) is 11.5 Å². The van der Waals surface area contributed by atoms with Crippen molar-refractivity contribution in [2.75, 3.05) is 13.2 Å². The molecule has 2 aromatic rings. The summed E-state index contributed by atoms with van der Waals surface area (Å²) in [5.41, 5.74) is 1.57. The summed E-state index contributed by atoms with van der Waals surface area (Å²) in [7, 11) is 0. The first-order chi connectivity index (χ1) is 10.1. The Morgan fingerprint density at radius 1 is 1.33 bits per heavy atom. The molecular weight excluding hydrogens is 272 g/mol. The number of carboxylic acid groups (broad SMARTS) is 1. The molecule has 1 fully saturated rings. The lowest BCUT2D eigenvalue weighted by atomic mass is 10.2. The number of benzene rings is 1. The van der Waals surface area contributed by atoms with Crippen molar-refractivity contribution in [3.63, 3.8) is 0 Å². The maximum absolute atomic E-state index is 11.4. The Morgan fingerprint density at radius 2 is 2.00 bits per heavy atom. The summed E-state index contributed by atoms with van der Waals surface area (Å²) in [5, 5.41) is 9.37. The second-order valence-corrected chi connectivity index (χ2v) is 5.61. The average molecular weight is 288 g/mol. The summed E-state index contributed by atoms with van der Waals surface area (Å²) in [6.07, 6.45) is 2.14. The van der Waals surface area contributed by atoms with E-state index in [0.29, 0.717) is 30.6 Å². The van der Waals surface area contributed by atoms with Gasteiger partial charge in [-0.25, -0.2) is 9.78 Å². The molecule has 0 amide bonds. The van der Waals surface area contributed by atoms with Gasteiger partial charge in [0.1, 0.15) is 25.1 Å². The summed E-state index contributed by atoms with van der Waals surface area (Å²) in [5.74, 6) is 1.73. The number of rotatable bonds is 3. The molecule has 1 aromatic carbocycles. The van der Waals surface area contributed by atoms with Crippen molar-refractivity contribution >= 4 is 17.0 Å². The fourth-order valence-electron chi connectivity index (χ4n) is 2.80. The lowest BCUT2D eigenvalue weighted by Crippen LogP contribution is -2.18. The highest BCUT2D eigenvalue weighted by Gasteiger charge is 2.33. The van der Waals surface area contributed by atoms with E-state index in [4.69, 9.17) is 9.47 Å². The molecule has 2 heterocycles. The van der Waals surface area contributed by atoms with Gasteiger partial charge in [0.25, 0.3) is 0 Å². The SMILES string of the molecule is CC(C(=O)O)n1c(C2CC2)nc2cc3c(cc21)OCCO3. The fraction of sp³-hybridized carbons (Fsp3) is 0.467. The number of aromatic nitrogens is 2. The Hall–Kier alpha value is -2.24. The van der Waals surface area contributed by atoms with E-state index < -0.39 is 12.0 Å². The van der Waals surface area contributed by atoms with Crippen LogP contribution < -0.4 is 9.47 Å². The number of carboxylic acids is 1. The van der Waals surface area contributed by atoms with E-state index in [1.807, 2.05) is 16.7 Å². The van der Waals surface area contributed by atoms with E-state index >= 15 is 0 Å². The number of hydrogen-bond acceptors (Lipinski definition) is 4. The van der Waals surface area contributed by atoms with Crippen molar-refractivity contribution in [2.24, 2.45) is 0 Å². The van der Waals surface area contributed by atoms with Gasteiger partial charge in [-0.3, -0.25) is 0 Å². The predicted molar refractivity (Wildman–Crippen MR) is 75.0 cm³/mol. The molecule has 1 aromatic heterocycles. The van der Waals surface area contributed by atoms with Gasteiger partial charge in [0.15, 0.2) is 11.5 Å². The standard InChI is InChI=1S/C15H16N2O4/c1-8(15(18)19)17-11-7-13-12(20-4-5-21-13)6-10(11)16-14(17)9-2-3-9/h6-9H,2-5H2,1H3,(H,18,19). The molecule has 4 rings (SSSR count). The molecule has 6 nitrogen and oxygen atoms in total. The Morgan fingerprint density at radius 3 is 2.62 bits per heavy atom. The van der Waals surface area contributed by atoms with Crippen molar-refractivity contribution in [3.05, 3.63) is 18.0 Å². The van der Waals surface area contributed by atoms with Crippen LogP contribution in [-0.2, 0) is 4.79 Å². The first kappa shape index (κ1) is 12.5. The largest absolute Gasteiger partial charge is 0.486 e. The smallest absolute Gasteiger partial charge is 0.326 e. The molecule has 0 spiro atoms. The Kier molecular flexibility index (Phi) is 2.60. The second-order valence-electron chi connectivity index (χ2n) is 5.61. The third kappa shape index (κ3) is 1.93. The monoisotopic (exact) mass is 288 g/mol. The molecule has 0 radical (unpaired) electrons. The van der Waals surface area contributed by atoms with E-state index in [1.165, 1.54) is 0 Å². The highest BCUT2D eigenvalue weighted by Crippen LogP contribution is 2.43. The lowest BCUT2D eigenvalue weighted by molar-refractivity contribution is -0.140. The van der Waals surface area contributed by atoms with Crippen molar-refractivity contribution in [3.8, 4) is 11.5 Å². The van der Waals surface area contributed by atoms with Crippen LogP contribution >= 0.6 is 0 Å². The van der Waals surface area contributed by atoms with Gasteiger partial charge in [-0.05, 0) is 19.8 Å². The van der Waals surface area contributed by atoms with E-state index in [2.05, 4.69) is 4.98 Å². The Labute approximate surface area is 121 Å². The number of carbonyl (C=O) groups is 1. The van der Waals surface area contributed by atoms with Crippen LogP contribution in [0.1, 0.15) is 37.5 Å². The summed E-state index contributed by atoms with van der Waals surface area (Å²) >= 11 is 0. The number of ether oxygens (including phenoxy) is 2. The minimum atomic E-state index is -0.855. The predicted octanol–water partition coefficient (Wildman–Crippen LogP) is 2.33. The number of nitrogens with zero attached hydrogens (tertiary/aromatic N) is 2. The van der Waals surface area contributed by atoms with Gasteiger partial charge in [-0.1, -0.05) is 0 Å². The van der Waals surface area contributed by atoms with E-state index in [-0.39, 0.29) is 0 Å². The molecule has 110 valence electrons. The highest BCUT2D eigenvalue weighted by atomic mass is 16.6. The van der Waals surface area contributed by atoms with Gasteiger partial charge in [-0.2, -0.15) is 0 Å². The summed E-state index contributed by atoms with van der Waals surface area (Å²) in [6.45, 7) is 2.73. The molecule has 6 heteroatoms. The Bertz CT molecular complexity index is 733. The van der Waals surface area contributed by atoms with Crippen LogP contribution in [0, 0.1) is 0 Å². The fourth-order valence-corrected chi connectivity index (χ4v) is 2.80. The van der Waals surface area contributed by atoms with E-state index in [9.17, 15) is 9.90 Å². The third-order valence-corrected chi connectivity index (χ3v) is 4.07. The minimum Gasteiger partial charge on any atom is -0.486 e. The Balaban J connectivity index is 1.95. The summed E-state index contributed by atoms with van der Waals surface area (Å²) < 4.78 is 13.0. The zero-order chi connectivity index (χ0) is 14.6. The highest BCUT2D eigenvalue weighted by molar-refractivity contribution is 5.83. The maximum Gasteiger partial charge on any atom is 0.326 e. The maximum atomic E-state index is 11.4. The molecule has 0 saturated heterocycles. The van der Waals surface area contributed by atoms with Crippen LogP contribution in [-0.4, -0.2) is 33.8 Å². The topological polar surface area (TPSA) is 73.6 Å². The van der Waals surface area contributed by atoms with Crippen LogP contribution in [0.15, 0.2) is 12.1 Å². The molecule has 2 aliphatic rings. The van der Waals surface area contributed by atoms with Crippen molar-refractivity contribution < 1.29 is 19.4 Å². The van der Waals surface area contributed by atoms with Crippen LogP contribution in [0.2, 0.25) is 0 Å². The summed E-state index contributed by atoms with van der Waals surface area (Å²) in [4.78, 5) is 16.1. The molecular formula is C15H16N2O4. The zero-order valence-corrected chi connectivity index (χ0v) is 11.7. The molecule has 1 saturated carbocycles. The van der Waals surface area contributed by atoms with E-state index in [0.717, 1.165) is 29.7 Å². The van der Waals surface area contributed by atoms with Crippen molar-refractivity contribution in [1.82, 2.24) is 9.55 Å². The van der Waals surface area contributed by atoms with Crippen molar-refractivity contribution in [1.29, 1.82) is 0 Å². The van der Waals surface area contributed by atoms with Gasteiger partial charge in [0.05, 0.1) is 11.0 Å². The third-order valence-electron chi connectivity index (χ3n) is 4.07. The molecule has 1 aliphatic heterocycles. The molecule has 1 atom stereocenters. The minimum absolute atomic E-state index is 0.373. The number of imidazole rings is 1. The average Bonchev–Trinajstić information content (AvgIpc) is 3.26. The molecule has 0 bridgehead atoms.